The number of benzene rings is 3. The number of hydrogen-bond donors (Lipinski definition) is 1. The third-order valence-corrected chi connectivity index (χ3v) is 4.59. The zero-order valence-electron chi connectivity index (χ0n) is 15.2. The van der Waals surface area contributed by atoms with Gasteiger partial charge in [0.25, 0.3) is 0 Å². The van der Waals surface area contributed by atoms with Crippen LogP contribution in [0.1, 0.15) is 11.1 Å². The molecule has 0 aliphatic rings. The molecule has 0 bridgehead atoms. The first-order valence-corrected chi connectivity index (χ1v) is 8.94. The second kappa shape index (κ2) is 7.68. The normalized spacial score (nSPS) is 10.4. The number of nitriles is 1. The first-order chi connectivity index (χ1) is 13.7. The van der Waals surface area contributed by atoms with Gasteiger partial charge in [-0.2, -0.15) is 5.26 Å². The van der Waals surface area contributed by atoms with Gasteiger partial charge in [0, 0.05) is 23.6 Å². The van der Waals surface area contributed by atoms with Gasteiger partial charge in [-0.25, -0.2) is 9.66 Å². The molecule has 0 atom stereocenters. The Balaban J connectivity index is 1.78. The van der Waals surface area contributed by atoms with Crippen LogP contribution >= 0.6 is 0 Å². The van der Waals surface area contributed by atoms with Crippen LogP contribution in [0.25, 0.3) is 11.1 Å². The molecule has 4 rings (SSSR count). The van der Waals surface area contributed by atoms with Crippen molar-refractivity contribution in [3.05, 3.63) is 103 Å². The molecule has 136 valence electrons. The van der Waals surface area contributed by atoms with E-state index in [0.29, 0.717) is 12.1 Å². The number of nitrogen functional groups attached to an aromatic ring is 1. The summed E-state index contributed by atoms with van der Waals surface area (Å²) in [6.07, 6.45) is 5.41. The Morgan fingerprint density at radius 1 is 1.00 bits per heavy atom. The summed E-state index contributed by atoms with van der Waals surface area (Å²) in [6.45, 7) is 0.636. The van der Waals surface area contributed by atoms with Gasteiger partial charge in [-0.3, -0.25) is 5.01 Å². The molecule has 0 saturated heterocycles. The monoisotopic (exact) mass is 365 g/mol. The minimum Gasteiger partial charge on any atom is -0.399 e. The molecular formula is C23H19N5. The average molecular weight is 365 g/mol. The molecule has 0 saturated carbocycles. The SMILES string of the molecule is N#Cc1ccc(N(Cc2ccc(N)cc2)n2ccnc2)cc1-c1ccccc1. The molecule has 0 aliphatic carbocycles. The van der Waals surface area contributed by atoms with Gasteiger partial charge < -0.3 is 5.73 Å². The van der Waals surface area contributed by atoms with Gasteiger partial charge in [0.2, 0.25) is 0 Å². The smallest absolute Gasteiger partial charge is 0.114 e. The molecule has 5 heteroatoms. The summed E-state index contributed by atoms with van der Waals surface area (Å²) in [5, 5.41) is 11.7. The van der Waals surface area contributed by atoms with Crippen molar-refractivity contribution in [1.82, 2.24) is 9.66 Å². The number of nitrogens with zero attached hydrogens (tertiary/aromatic N) is 4. The third-order valence-electron chi connectivity index (χ3n) is 4.59. The van der Waals surface area contributed by atoms with Crippen LogP contribution in [0.3, 0.4) is 0 Å². The summed E-state index contributed by atoms with van der Waals surface area (Å²) < 4.78 is 1.94. The van der Waals surface area contributed by atoms with E-state index in [9.17, 15) is 5.26 Å². The molecule has 1 aromatic heterocycles. The van der Waals surface area contributed by atoms with Crippen LogP contribution in [0.4, 0.5) is 11.4 Å². The quantitative estimate of drug-likeness (QED) is 0.530. The summed E-state index contributed by atoms with van der Waals surface area (Å²) >= 11 is 0. The Bertz CT molecular complexity index is 1090. The van der Waals surface area contributed by atoms with Crippen molar-refractivity contribution < 1.29 is 0 Å². The van der Waals surface area contributed by atoms with Gasteiger partial charge in [0.15, 0.2) is 0 Å². The molecule has 28 heavy (non-hydrogen) atoms. The predicted molar refractivity (Wildman–Crippen MR) is 111 cm³/mol. The highest BCUT2D eigenvalue weighted by Gasteiger charge is 2.13. The molecule has 1 heterocycles. The number of rotatable bonds is 5. The number of hydrogen-bond acceptors (Lipinski definition) is 4. The largest absolute Gasteiger partial charge is 0.399 e. The maximum atomic E-state index is 9.56. The molecule has 0 aliphatic heterocycles. The zero-order valence-corrected chi connectivity index (χ0v) is 15.2. The van der Waals surface area contributed by atoms with Crippen LogP contribution in [0.15, 0.2) is 91.5 Å². The van der Waals surface area contributed by atoms with Crippen molar-refractivity contribution in [1.29, 1.82) is 5.26 Å². The standard InChI is InChI=1S/C23H19N5/c24-15-20-8-11-22(14-23(20)19-4-2-1-3-5-19)28(27-13-12-26-17-27)16-18-6-9-21(25)10-7-18/h1-14,17H,16,25H2. The third kappa shape index (κ3) is 3.57. The van der Waals surface area contributed by atoms with Gasteiger partial charge in [-0.05, 0) is 41.5 Å². The second-order valence-electron chi connectivity index (χ2n) is 6.45. The van der Waals surface area contributed by atoms with E-state index in [-0.39, 0.29) is 0 Å². The Kier molecular flexibility index (Phi) is 4.77. The summed E-state index contributed by atoms with van der Waals surface area (Å²) in [5.41, 5.74) is 11.2. The maximum absolute atomic E-state index is 9.56. The summed E-state index contributed by atoms with van der Waals surface area (Å²) in [7, 11) is 0. The lowest BCUT2D eigenvalue weighted by molar-refractivity contribution is 0.688. The number of anilines is 2. The lowest BCUT2D eigenvalue weighted by Gasteiger charge is -2.26. The van der Waals surface area contributed by atoms with Crippen LogP contribution in [0, 0.1) is 11.3 Å². The molecular weight excluding hydrogens is 346 g/mol. The molecule has 4 aromatic rings. The summed E-state index contributed by atoms with van der Waals surface area (Å²) in [5.74, 6) is 0. The lowest BCUT2D eigenvalue weighted by Crippen LogP contribution is -2.27. The maximum Gasteiger partial charge on any atom is 0.114 e. The van der Waals surface area contributed by atoms with E-state index in [2.05, 4.69) is 16.1 Å². The van der Waals surface area contributed by atoms with Crippen molar-refractivity contribution in [2.45, 2.75) is 6.54 Å². The first kappa shape index (κ1) is 17.4. The molecule has 0 amide bonds. The lowest BCUT2D eigenvalue weighted by atomic mass is 9.99. The Morgan fingerprint density at radius 3 is 2.46 bits per heavy atom. The van der Waals surface area contributed by atoms with Crippen LogP contribution < -0.4 is 10.7 Å². The molecule has 0 unspecified atom stereocenters. The van der Waals surface area contributed by atoms with Crippen molar-refractivity contribution in [2.75, 3.05) is 10.7 Å². The van der Waals surface area contributed by atoms with E-state index in [0.717, 1.165) is 28.1 Å². The van der Waals surface area contributed by atoms with Crippen molar-refractivity contribution in [2.24, 2.45) is 0 Å². The highest BCUT2D eigenvalue weighted by Crippen LogP contribution is 2.29. The zero-order chi connectivity index (χ0) is 19.3. The van der Waals surface area contributed by atoms with Crippen LogP contribution in [-0.2, 0) is 6.54 Å². The molecule has 3 aromatic carbocycles. The highest BCUT2D eigenvalue weighted by atomic mass is 15.5. The van der Waals surface area contributed by atoms with Gasteiger partial charge in [0.1, 0.15) is 6.33 Å². The van der Waals surface area contributed by atoms with E-state index in [1.807, 2.05) is 83.7 Å². The minimum absolute atomic E-state index is 0.636. The number of imidazole rings is 1. The Morgan fingerprint density at radius 2 is 1.79 bits per heavy atom. The van der Waals surface area contributed by atoms with Crippen LogP contribution in [0.2, 0.25) is 0 Å². The van der Waals surface area contributed by atoms with E-state index < -0.39 is 0 Å². The fourth-order valence-electron chi connectivity index (χ4n) is 3.14. The topological polar surface area (TPSA) is 70.9 Å². The van der Waals surface area contributed by atoms with Crippen molar-refractivity contribution >= 4 is 11.4 Å². The van der Waals surface area contributed by atoms with Crippen molar-refractivity contribution in [3.8, 4) is 17.2 Å². The number of nitrogens with two attached hydrogens (primary N) is 1. The molecule has 5 nitrogen and oxygen atoms in total. The van der Waals surface area contributed by atoms with Gasteiger partial charge in [-0.1, -0.05) is 42.5 Å². The van der Waals surface area contributed by atoms with Crippen molar-refractivity contribution in [3.63, 3.8) is 0 Å². The van der Waals surface area contributed by atoms with Gasteiger partial charge >= 0.3 is 0 Å². The van der Waals surface area contributed by atoms with Gasteiger partial charge in [-0.15, -0.1) is 0 Å². The van der Waals surface area contributed by atoms with E-state index in [4.69, 9.17) is 5.73 Å². The highest BCUT2D eigenvalue weighted by molar-refractivity contribution is 5.74. The average Bonchev–Trinajstić information content (AvgIpc) is 3.28. The van der Waals surface area contributed by atoms with E-state index >= 15 is 0 Å². The van der Waals surface area contributed by atoms with Crippen LogP contribution in [0.5, 0.6) is 0 Å². The molecule has 0 fully saturated rings. The second-order valence-corrected chi connectivity index (χ2v) is 6.45. The fraction of sp³-hybridized carbons (Fsp3) is 0.0435. The first-order valence-electron chi connectivity index (χ1n) is 8.94. The van der Waals surface area contributed by atoms with E-state index in [1.165, 1.54) is 0 Å². The van der Waals surface area contributed by atoms with Crippen LogP contribution in [-0.4, -0.2) is 9.66 Å². The Hall–Kier alpha value is -4.04. The summed E-state index contributed by atoms with van der Waals surface area (Å²) in [6, 6.07) is 26.0. The van der Waals surface area contributed by atoms with Gasteiger partial charge in [0.05, 0.1) is 23.9 Å². The van der Waals surface area contributed by atoms with E-state index in [1.54, 1.807) is 12.5 Å². The molecule has 2 N–H and O–H groups in total. The number of aromatic nitrogens is 2. The fourth-order valence-corrected chi connectivity index (χ4v) is 3.14. The summed E-state index contributed by atoms with van der Waals surface area (Å²) in [4.78, 5) is 4.19. The Labute approximate surface area is 163 Å². The minimum atomic E-state index is 0.636. The molecule has 0 radical (unpaired) electrons. The molecule has 0 spiro atoms. The predicted octanol–water partition coefficient (Wildman–Crippen LogP) is 4.47.